The van der Waals surface area contributed by atoms with Crippen LogP contribution in [-0.4, -0.2) is 48.9 Å². The van der Waals surface area contributed by atoms with E-state index in [1.54, 1.807) is 0 Å². The maximum Gasteiger partial charge on any atom is 0.170 e. The maximum absolute atomic E-state index is 5.60. The molecule has 0 aromatic heterocycles. The normalized spacial score (nSPS) is 20.1. The number of thiocarbonyl (C=S) groups is 1. The van der Waals surface area contributed by atoms with Gasteiger partial charge in [-0.25, -0.2) is 0 Å². The summed E-state index contributed by atoms with van der Waals surface area (Å²) in [4.78, 5) is 2.64. The molecule has 25 heavy (non-hydrogen) atoms. The van der Waals surface area contributed by atoms with Gasteiger partial charge in [0.05, 0.1) is 0 Å². The Morgan fingerprint density at radius 3 is 2.92 bits per heavy atom. The van der Waals surface area contributed by atoms with Gasteiger partial charge in [-0.15, -0.1) is 0 Å². The van der Waals surface area contributed by atoms with Crippen LogP contribution in [0.3, 0.4) is 0 Å². The molecule has 3 rings (SSSR count). The van der Waals surface area contributed by atoms with Gasteiger partial charge in [-0.3, -0.25) is 0 Å². The van der Waals surface area contributed by atoms with E-state index in [2.05, 4.69) is 22.5 Å². The van der Waals surface area contributed by atoms with Crippen LogP contribution in [-0.2, 0) is 0 Å². The Labute approximate surface area is 156 Å². The number of benzene rings is 1. The molecule has 0 unspecified atom stereocenters. The van der Waals surface area contributed by atoms with Crippen molar-refractivity contribution < 1.29 is 9.47 Å². The molecule has 0 saturated carbocycles. The Kier molecular flexibility index (Phi) is 6.76. The second-order valence-electron chi connectivity index (χ2n) is 6.69. The van der Waals surface area contributed by atoms with E-state index in [0.717, 1.165) is 42.7 Å². The molecule has 5 nitrogen and oxygen atoms in total. The number of nitrogens with one attached hydrogen (secondary N) is 2. The number of likely N-dealkylation sites (tertiary alicyclic amines) is 1. The lowest BCUT2D eigenvalue weighted by Gasteiger charge is -2.35. The minimum atomic E-state index is 0.592. The summed E-state index contributed by atoms with van der Waals surface area (Å²) >= 11 is 5.40. The molecule has 2 heterocycles. The Morgan fingerprint density at radius 2 is 2.08 bits per heavy atom. The molecule has 1 fully saturated rings. The second kappa shape index (κ2) is 9.25. The van der Waals surface area contributed by atoms with Crippen LogP contribution >= 0.6 is 12.2 Å². The Morgan fingerprint density at radius 1 is 1.24 bits per heavy atom. The predicted octanol–water partition coefficient (Wildman–Crippen LogP) is 3.40. The molecule has 138 valence electrons. The Hall–Kier alpha value is -1.53. The molecule has 1 aromatic rings. The third-order valence-electron chi connectivity index (χ3n) is 4.93. The highest BCUT2D eigenvalue weighted by molar-refractivity contribution is 7.80. The van der Waals surface area contributed by atoms with Gasteiger partial charge in [-0.1, -0.05) is 13.3 Å². The summed E-state index contributed by atoms with van der Waals surface area (Å²) in [6, 6.07) is 6.58. The van der Waals surface area contributed by atoms with Crippen LogP contribution < -0.4 is 20.1 Å². The van der Waals surface area contributed by atoms with Crippen molar-refractivity contribution in [2.75, 3.05) is 38.2 Å². The van der Waals surface area contributed by atoms with E-state index in [1.807, 2.05) is 18.2 Å². The summed E-state index contributed by atoms with van der Waals surface area (Å²) in [5.41, 5.74) is 0.920. The molecule has 0 spiro atoms. The largest absolute Gasteiger partial charge is 0.486 e. The third-order valence-corrected chi connectivity index (χ3v) is 5.17. The molecule has 2 aliphatic rings. The van der Waals surface area contributed by atoms with Crippen molar-refractivity contribution in [3.63, 3.8) is 0 Å². The van der Waals surface area contributed by atoms with Crippen LogP contribution in [0, 0.1) is 0 Å². The lowest BCUT2D eigenvalue weighted by molar-refractivity contribution is 0.143. The average Bonchev–Trinajstić information content (AvgIpc) is 2.65. The lowest BCUT2D eigenvalue weighted by Crippen LogP contribution is -2.40. The van der Waals surface area contributed by atoms with E-state index in [-0.39, 0.29) is 0 Å². The number of ether oxygens (including phenoxy) is 2. The van der Waals surface area contributed by atoms with Gasteiger partial charge in [-0.05, 0) is 56.6 Å². The molecule has 0 aliphatic carbocycles. The van der Waals surface area contributed by atoms with Crippen LogP contribution in [0.5, 0.6) is 11.5 Å². The fourth-order valence-corrected chi connectivity index (χ4v) is 3.82. The minimum Gasteiger partial charge on any atom is -0.486 e. The molecule has 2 aliphatic heterocycles. The second-order valence-corrected chi connectivity index (χ2v) is 7.09. The molecule has 0 amide bonds. The molecule has 0 bridgehead atoms. The standard InChI is InChI=1S/C19H29N3O2S/c1-2-16-6-3-4-10-22(16)11-5-9-20-19(25)21-15-7-8-17-18(14-15)24-13-12-23-17/h7-8,14,16H,2-6,9-13H2,1H3,(H2,20,21,25)/t16-/m1/s1. The number of fused-ring (bicyclic) bond motifs is 1. The van der Waals surface area contributed by atoms with Crippen molar-refractivity contribution in [3.8, 4) is 11.5 Å². The Bertz CT molecular complexity index is 582. The smallest absolute Gasteiger partial charge is 0.170 e. The number of rotatable bonds is 6. The van der Waals surface area contributed by atoms with Crippen LogP contribution in [0.25, 0.3) is 0 Å². The van der Waals surface area contributed by atoms with Crippen molar-refractivity contribution in [3.05, 3.63) is 18.2 Å². The van der Waals surface area contributed by atoms with Crippen molar-refractivity contribution in [1.29, 1.82) is 0 Å². The predicted molar refractivity (Wildman–Crippen MR) is 106 cm³/mol. The van der Waals surface area contributed by atoms with Crippen molar-refractivity contribution in [1.82, 2.24) is 10.2 Å². The van der Waals surface area contributed by atoms with Gasteiger partial charge in [-0.2, -0.15) is 0 Å². The average molecular weight is 364 g/mol. The van der Waals surface area contributed by atoms with Gasteiger partial charge >= 0.3 is 0 Å². The van der Waals surface area contributed by atoms with Gasteiger partial charge < -0.3 is 25.0 Å². The third kappa shape index (κ3) is 5.22. The van der Waals surface area contributed by atoms with Gasteiger partial charge in [0, 0.05) is 30.9 Å². The number of nitrogens with zero attached hydrogens (tertiary/aromatic N) is 1. The number of anilines is 1. The number of piperidine rings is 1. The number of hydrogen-bond acceptors (Lipinski definition) is 4. The highest BCUT2D eigenvalue weighted by Crippen LogP contribution is 2.32. The lowest BCUT2D eigenvalue weighted by atomic mass is 10.00. The zero-order valence-electron chi connectivity index (χ0n) is 15.1. The van der Waals surface area contributed by atoms with Gasteiger partial charge in [0.2, 0.25) is 0 Å². The van der Waals surface area contributed by atoms with Crippen LogP contribution in [0.15, 0.2) is 18.2 Å². The zero-order chi connectivity index (χ0) is 17.5. The van der Waals surface area contributed by atoms with E-state index in [4.69, 9.17) is 21.7 Å². The fourth-order valence-electron chi connectivity index (χ4n) is 3.60. The van der Waals surface area contributed by atoms with E-state index < -0.39 is 0 Å². The summed E-state index contributed by atoms with van der Waals surface area (Å²) < 4.78 is 11.1. The monoisotopic (exact) mass is 363 g/mol. The molecule has 2 N–H and O–H groups in total. The minimum absolute atomic E-state index is 0.592. The van der Waals surface area contributed by atoms with Crippen molar-refractivity contribution >= 4 is 23.0 Å². The first kappa shape index (κ1) is 18.3. The SMILES string of the molecule is CC[C@@H]1CCCCN1CCCNC(=S)Nc1ccc2c(c1)OCCO2. The summed E-state index contributed by atoms with van der Waals surface area (Å²) in [5.74, 6) is 1.57. The molecule has 6 heteroatoms. The topological polar surface area (TPSA) is 45.8 Å². The quantitative estimate of drug-likeness (QED) is 0.597. The van der Waals surface area contributed by atoms with E-state index in [9.17, 15) is 0 Å². The van der Waals surface area contributed by atoms with Crippen LogP contribution in [0.1, 0.15) is 39.0 Å². The first-order valence-corrected chi connectivity index (χ1v) is 9.85. The molecular formula is C19H29N3O2S. The van der Waals surface area contributed by atoms with Gasteiger partial charge in [0.25, 0.3) is 0 Å². The van der Waals surface area contributed by atoms with Crippen LogP contribution in [0.2, 0.25) is 0 Å². The molecule has 1 saturated heterocycles. The van der Waals surface area contributed by atoms with Crippen molar-refractivity contribution in [2.45, 2.75) is 45.1 Å². The number of hydrogen-bond donors (Lipinski definition) is 2. The molecule has 1 aromatic carbocycles. The highest BCUT2D eigenvalue weighted by atomic mass is 32.1. The first-order chi connectivity index (χ1) is 12.3. The van der Waals surface area contributed by atoms with Gasteiger partial charge in [0.1, 0.15) is 13.2 Å². The summed E-state index contributed by atoms with van der Waals surface area (Å²) in [6.07, 6.45) is 6.45. The van der Waals surface area contributed by atoms with Crippen LogP contribution in [0.4, 0.5) is 5.69 Å². The van der Waals surface area contributed by atoms with E-state index in [1.165, 1.54) is 32.2 Å². The fraction of sp³-hybridized carbons (Fsp3) is 0.632. The maximum atomic E-state index is 5.60. The van der Waals surface area contributed by atoms with Gasteiger partial charge in [0.15, 0.2) is 16.6 Å². The summed E-state index contributed by atoms with van der Waals surface area (Å²) in [5, 5.41) is 7.18. The molecule has 1 atom stereocenters. The highest BCUT2D eigenvalue weighted by Gasteiger charge is 2.19. The Balaban J connectivity index is 1.38. The zero-order valence-corrected chi connectivity index (χ0v) is 15.9. The van der Waals surface area contributed by atoms with E-state index in [0.29, 0.717) is 18.3 Å². The summed E-state index contributed by atoms with van der Waals surface area (Å²) in [6.45, 7) is 6.79. The van der Waals surface area contributed by atoms with Crippen molar-refractivity contribution in [2.24, 2.45) is 0 Å². The molecule has 0 radical (unpaired) electrons. The molecular weight excluding hydrogens is 334 g/mol. The summed E-state index contributed by atoms with van der Waals surface area (Å²) in [7, 11) is 0. The van der Waals surface area contributed by atoms with E-state index >= 15 is 0 Å². The first-order valence-electron chi connectivity index (χ1n) is 9.45.